The van der Waals surface area contributed by atoms with Gasteiger partial charge in [-0.2, -0.15) is 0 Å². The highest BCUT2D eigenvalue weighted by Gasteiger charge is 2.09. The van der Waals surface area contributed by atoms with Crippen LogP contribution in [0.3, 0.4) is 0 Å². The van der Waals surface area contributed by atoms with E-state index in [4.69, 9.17) is 5.73 Å². The predicted octanol–water partition coefficient (Wildman–Crippen LogP) is 1.65. The zero-order valence-corrected chi connectivity index (χ0v) is 9.78. The molecule has 0 aliphatic rings. The van der Waals surface area contributed by atoms with Crippen LogP contribution in [0.1, 0.15) is 31.2 Å². The Balaban J connectivity index is 2.34. The second kappa shape index (κ2) is 7.01. The SMILES string of the molecule is CC(CC(=O)NCCCN)c1ccccc1. The summed E-state index contributed by atoms with van der Waals surface area (Å²) in [6.45, 7) is 3.36. The molecule has 1 atom stereocenters. The topological polar surface area (TPSA) is 55.1 Å². The van der Waals surface area contributed by atoms with Gasteiger partial charge in [-0.1, -0.05) is 37.3 Å². The lowest BCUT2D eigenvalue weighted by molar-refractivity contribution is -0.121. The summed E-state index contributed by atoms with van der Waals surface area (Å²) >= 11 is 0. The standard InChI is InChI=1S/C13H20N2O/c1-11(12-6-3-2-4-7-12)10-13(16)15-9-5-8-14/h2-4,6-7,11H,5,8-10,14H2,1H3,(H,15,16). The average Bonchev–Trinajstić information content (AvgIpc) is 2.30. The van der Waals surface area contributed by atoms with Gasteiger partial charge in [-0.05, 0) is 24.4 Å². The lowest BCUT2D eigenvalue weighted by atomic mass is 9.98. The highest BCUT2D eigenvalue weighted by molar-refractivity contribution is 5.76. The van der Waals surface area contributed by atoms with Crippen molar-refractivity contribution in [2.75, 3.05) is 13.1 Å². The van der Waals surface area contributed by atoms with Crippen LogP contribution in [0.25, 0.3) is 0 Å². The first-order valence-corrected chi connectivity index (χ1v) is 5.75. The lowest BCUT2D eigenvalue weighted by Gasteiger charge is -2.11. The molecule has 88 valence electrons. The third-order valence-corrected chi connectivity index (χ3v) is 2.56. The van der Waals surface area contributed by atoms with Crippen LogP contribution in [0.15, 0.2) is 30.3 Å². The summed E-state index contributed by atoms with van der Waals surface area (Å²) < 4.78 is 0. The molecule has 0 spiro atoms. The normalized spacial score (nSPS) is 12.1. The van der Waals surface area contributed by atoms with Gasteiger partial charge < -0.3 is 11.1 Å². The quantitative estimate of drug-likeness (QED) is 0.716. The molecule has 0 aliphatic carbocycles. The average molecular weight is 220 g/mol. The molecule has 1 amide bonds. The molecule has 3 N–H and O–H groups in total. The summed E-state index contributed by atoms with van der Waals surface area (Å²) in [4.78, 5) is 11.5. The van der Waals surface area contributed by atoms with Crippen molar-refractivity contribution in [2.24, 2.45) is 5.73 Å². The molecule has 1 unspecified atom stereocenters. The van der Waals surface area contributed by atoms with Crippen LogP contribution in [0.5, 0.6) is 0 Å². The Labute approximate surface area is 97.0 Å². The molecule has 0 radical (unpaired) electrons. The summed E-state index contributed by atoms with van der Waals surface area (Å²) in [5.74, 6) is 0.365. The number of amides is 1. The molecular formula is C13H20N2O. The molecule has 0 heterocycles. The Morgan fingerprint density at radius 2 is 2.06 bits per heavy atom. The van der Waals surface area contributed by atoms with Gasteiger partial charge >= 0.3 is 0 Å². The Hall–Kier alpha value is -1.35. The molecule has 0 saturated heterocycles. The van der Waals surface area contributed by atoms with Crippen molar-refractivity contribution >= 4 is 5.91 Å². The van der Waals surface area contributed by atoms with E-state index in [1.165, 1.54) is 5.56 Å². The van der Waals surface area contributed by atoms with E-state index >= 15 is 0 Å². The van der Waals surface area contributed by atoms with E-state index in [0.29, 0.717) is 19.5 Å². The Morgan fingerprint density at radius 1 is 1.38 bits per heavy atom. The fourth-order valence-corrected chi connectivity index (χ4v) is 1.58. The lowest BCUT2D eigenvalue weighted by Crippen LogP contribution is -2.26. The van der Waals surface area contributed by atoms with Crippen LogP contribution in [-0.4, -0.2) is 19.0 Å². The van der Waals surface area contributed by atoms with Crippen molar-refractivity contribution in [2.45, 2.75) is 25.7 Å². The van der Waals surface area contributed by atoms with Crippen molar-refractivity contribution in [3.05, 3.63) is 35.9 Å². The first kappa shape index (κ1) is 12.7. The molecule has 0 aliphatic heterocycles. The minimum absolute atomic E-state index is 0.102. The number of nitrogens with two attached hydrogens (primary N) is 1. The van der Waals surface area contributed by atoms with E-state index in [1.54, 1.807) is 0 Å². The number of carbonyl (C=O) groups is 1. The maximum atomic E-state index is 11.5. The van der Waals surface area contributed by atoms with Crippen LogP contribution in [0.2, 0.25) is 0 Å². The van der Waals surface area contributed by atoms with Crippen LogP contribution in [-0.2, 0) is 4.79 Å². The first-order valence-electron chi connectivity index (χ1n) is 5.75. The van der Waals surface area contributed by atoms with Crippen molar-refractivity contribution < 1.29 is 4.79 Å². The van der Waals surface area contributed by atoms with Gasteiger partial charge in [0, 0.05) is 13.0 Å². The van der Waals surface area contributed by atoms with Gasteiger partial charge in [-0.3, -0.25) is 4.79 Å². The summed E-state index contributed by atoms with van der Waals surface area (Å²) in [5, 5.41) is 2.87. The van der Waals surface area contributed by atoms with Crippen molar-refractivity contribution in [1.29, 1.82) is 0 Å². The minimum Gasteiger partial charge on any atom is -0.356 e. The smallest absolute Gasteiger partial charge is 0.220 e. The highest BCUT2D eigenvalue weighted by Crippen LogP contribution is 2.17. The number of benzene rings is 1. The monoisotopic (exact) mass is 220 g/mol. The maximum absolute atomic E-state index is 11.5. The fraction of sp³-hybridized carbons (Fsp3) is 0.462. The Kier molecular flexibility index (Phi) is 5.57. The van der Waals surface area contributed by atoms with Crippen LogP contribution < -0.4 is 11.1 Å². The second-order valence-electron chi connectivity index (χ2n) is 4.01. The van der Waals surface area contributed by atoms with Crippen LogP contribution in [0, 0.1) is 0 Å². The van der Waals surface area contributed by atoms with Crippen LogP contribution >= 0.6 is 0 Å². The van der Waals surface area contributed by atoms with E-state index in [-0.39, 0.29) is 11.8 Å². The minimum atomic E-state index is 0.102. The fourth-order valence-electron chi connectivity index (χ4n) is 1.58. The van der Waals surface area contributed by atoms with E-state index in [2.05, 4.69) is 24.4 Å². The summed E-state index contributed by atoms with van der Waals surface area (Å²) in [6.07, 6.45) is 1.38. The highest BCUT2D eigenvalue weighted by atomic mass is 16.1. The van der Waals surface area contributed by atoms with E-state index in [0.717, 1.165) is 6.42 Å². The molecule has 1 aromatic rings. The Bertz CT molecular complexity index is 311. The van der Waals surface area contributed by atoms with Gasteiger partial charge in [-0.25, -0.2) is 0 Å². The zero-order valence-electron chi connectivity index (χ0n) is 9.78. The van der Waals surface area contributed by atoms with Gasteiger partial charge in [0.2, 0.25) is 5.91 Å². The molecule has 1 aromatic carbocycles. The molecule has 1 rings (SSSR count). The molecule has 0 saturated carbocycles. The molecule has 0 bridgehead atoms. The largest absolute Gasteiger partial charge is 0.356 e. The number of hydrogen-bond acceptors (Lipinski definition) is 2. The molecule has 3 heteroatoms. The van der Waals surface area contributed by atoms with Gasteiger partial charge in [0.15, 0.2) is 0 Å². The van der Waals surface area contributed by atoms with Crippen molar-refractivity contribution in [3.8, 4) is 0 Å². The van der Waals surface area contributed by atoms with Gasteiger partial charge in [-0.15, -0.1) is 0 Å². The Morgan fingerprint density at radius 3 is 2.69 bits per heavy atom. The second-order valence-corrected chi connectivity index (χ2v) is 4.01. The van der Waals surface area contributed by atoms with Gasteiger partial charge in [0.25, 0.3) is 0 Å². The molecule has 0 fully saturated rings. The van der Waals surface area contributed by atoms with Crippen molar-refractivity contribution in [3.63, 3.8) is 0 Å². The summed E-state index contributed by atoms with van der Waals surface area (Å²) in [6, 6.07) is 10.1. The number of carbonyl (C=O) groups excluding carboxylic acids is 1. The van der Waals surface area contributed by atoms with Gasteiger partial charge in [0.1, 0.15) is 0 Å². The number of nitrogens with one attached hydrogen (secondary N) is 1. The number of rotatable bonds is 6. The van der Waals surface area contributed by atoms with E-state index in [9.17, 15) is 4.79 Å². The van der Waals surface area contributed by atoms with E-state index in [1.807, 2.05) is 18.2 Å². The maximum Gasteiger partial charge on any atom is 0.220 e. The van der Waals surface area contributed by atoms with Crippen molar-refractivity contribution in [1.82, 2.24) is 5.32 Å². The molecule has 0 aromatic heterocycles. The van der Waals surface area contributed by atoms with Gasteiger partial charge in [0.05, 0.1) is 0 Å². The molecule has 3 nitrogen and oxygen atoms in total. The third-order valence-electron chi connectivity index (χ3n) is 2.56. The zero-order chi connectivity index (χ0) is 11.8. The van der Waals surface area contributed by atoms with Crippen LogP contribution in [0.4, 0.5) is 0 Å². The molecule has 16 heavy (non-hydrogen) atoms. The predicted molar refractivity (Wildman–Crippen MR) is 66.2 cm³/mol. The summed E-state index contributed by atoms with van der Waals surface area (Å²) in [7, 11) is 0. The number of hydrogen-bond donors (Lipinski definition) is 2. The summed E-state index contributed by atoms with van der Waals surface area (Å²) in [5.41, 5.74) is 6.56. The first-order chi connectivity index (χ1) is 7.74. The third kappa shape index (κ3) is 4.45. The molecular weight excluding hydrogens is 200 g/mol. The van der Waals surface area contributed by atoms with E-state index < -0.39 is 0 Å².